The second-order valence-corrected chi connectivity index (χ2v) is 5.16. The summed E-state index contributed by atoms with van der Waals surface area (Å²) in [5.74, 6) is 0.0780. The number of aromatic amines is 1. The average Bonchev–Trinajstić information content (AvgIpc) is 2.94. The topological polar surface area (TPSA) is 78.0 Å². The van der Waals surface area contributed by atoms with Gasteiger partial charge in [0.1, 0.15) is 11.5 Å². The van der Waals surface area contributed by atoms with Gasteiger partial charge in [0.25, 0.3) is 0 Å². The van der Waals surface area contributed by atoms with Crippen molar-refractivity contribution in [3.8, 4) is 0 Å². The summed E-state index contributed by atoms with van der Waals surface area (Å²) < 4.78 is 0. The summed E-state index contributed by atoms with van der Waals surface area (Å²) in [5, 5.41) is 12.3. The van der Waals surface area contributed by atoms with Crippen molar-refractivity contribution in [2.24, 2.45) is 0 Å². The largest absolute Gasteiger partial charge is 0.477 e. The highest BCUT2D eigenvalue weighted by molar-refractivity contribution is 5.85. The number of H-pyrrole nitrogens is 1. The number of anilines is 1. The molecule has 0 spiro atoms. The molecule has 5 nitrogen and oxygen atoms in total. The van der Waals surface area contributed by atoms with Gasteiger partial charge in [-0.15, -0.1) is 0 Å². The van der Waals surface area contributed by atoms with E-state index in [0.29, 0.717) is 6.04 Å². The molecule has 104 valence electrons. The van der Waals surface area contributed by atoms with E-state index in [9.17, 15) is 4.79 Å². The van der Waals surface area contributed by atoms with Gasteiger partial charge in [-0.3, -0.25) is 0 Å². The number of fused-ring (bicyclic) bond motifs is 1. The lowest BCUT2D eigenvalue weighted by Gasteiger charge is -2.25. The monoisotopic (exact) mass is 271 g/mol. The maximum atomic E-state index is 10.8. The lowest BCUT2D eigenvalue weighted by molar-refractivity contribution is 0.0691. The number of nitrogens with one attached hydrogen (secondary N) is 2. The lowest BCUT2D eigenvalue weighted by Crippen LogP contribution is -2.26. The molecule has 0 aliphatic carbocycles. The summed E-state index contributed by atoms with van der Waals surface area (Å²) in [6.45, 7) is 0. The van der Waals surface area contributed by atoms with Gasteiger partial charge in [0.2, 0.25) is 0 Å². The summed E-state index contributed by atoms with van der Waals surface area (Å²) in [4.78, 5) is 17.9. The zero-order chi connectivity index (χ0) is 13.9. The summed E-state index contributed by atoms with van der Waals surface area (Å²) >= 11 is 0. The van der Waals surface area contributed by atoms with Crippen LogP contribution in [0.5, 0.6) is 0 Å². The fourth-order valence-corrected chi connectivity index (χ4v) is 2.63. The van der Waals surface area contributed by atoms with Gasteiger partial charge in [-0.1, -0.05) is 6.07 Å². The van der Waals surface area contributed by atoms with E-state index in [4.69, 9.17) is 5.11 Å². The molecule has 3 N–H and O–H groups in total. The molecule has 1 aliphatic rings. The highest BCUT2D eigenvalue weighted by atomic mass is 16.4. The van der Waals surface area contributed by atoms with E-state index in [1.165, 1.54) is 5.56 Å². The Labute approximate surface area is 117 Å². The molecule has 0 saturated carbocycles. The van der Waals surface area contributed by atoms with Crippen LogP contribution < -0.4 is 5.32 Å². The molecular weight excluding hydrogens is 254 g/mol. The second kappa shape index (κ2) is 5.36. The Bertz CT molecular complexity index is 621. The molecular formula is C15H17N3O2. The molecule has 2 aromatic rings. The number of carbonyl (C=O) groups is 1. The quantitative estimate of drug-likeness (QED) is 0.798. The lowest BCUT2D eigenvalue weighted by atomic mass is 9.96. The predicted octanol–water partition coefficient (Wildman–Crippen LogP) is 2.47. The minimum absolute atomic E-state index is 0.253. The van der Waals surface area contributed by atoms with E-state index >= 15 is 0 Å². The molecule has 0 fully saturated rings. The van der Waals surface area contributed by atoms with Crippen molar-refractivity contribution in [3.05, 3.63) is 47.4 Å². The minimum atomic E-state index is -0.912. The van der Waals surface area contributed by atoms with Crippen molar-refractivity contribution in [2.75, 3.05) is 5.32 Å². The molecule has 0 aromatic carbocycles. The number of hydrogen-bond acceptors (Lipinski definition) is 3. The Morgan fingerprint density at radius 3 is 3.20 bits per heavy atom. The van der Waals surface area contributed by atoms with E-state index in [-0.39, 0.29) is 5.69 Å². The Hall–Kier alpha value is -2.30. The number of hydrogen-bond donors (Lipinski definition) is 3. The van der Waals surface area contributed by atoms with Gasteiger partial charge in [-0.05, 0) is 48.9 Å². The first-order valence-electron chi connectivity index (χ1n) is 6.83. The van der Waals surface area contributed by atoms with Crippen LogP contribution in [0.25, 0.3) is 0 Å². The van der Waals surface area contributed by atoms with E-state index in [1.54, 1.807) is 18.5 Å². The van der Waals surface area contributed by atoms with Crippen LogP contribution >= 0.6 is 0 Å². The number of carboxylic acids is 1. The second-order valence-electron chi connectivity index (χ2n) is 5.16. The van der Waals surface area contributed by atoms with Crippen LogP contribution in [0, 0.1) is 0 Å². The predicted molar refractivity (Wildman–Crippen MR) is 76.0 cm³/mol. The smallest absolute Gasteiger partial charge is 0.352 e. The van der Waals surface area contributed by atoms with Crippen molar-refractivity contribution in [3.63, 3.8) is 0 Å². The number of aromatic carboxylic acids is 1. The number of aromatic nitrogens is 2. The standard InChI is InChI=1S/C15H17N3O2/c19-15(20)13-8-10(9-17-13)3-5-12-6-4-11-2-1-7-16-14(11)18-12/h1-2,7-9,12,17H,3-6H2,(H,16,18)(H,19,20). The first-order chi connectivity index (χ1) is 9.72. The fraction of sp³-hybridized carbons (Fsp3) is 0.333. The molecule has 2 aromatic heterocycles. The van der Waals surface area contributed by atoms with Gasteiger partial charge in [0.15, 0.2) is 0 Å². The van der Waals surface area contributed by atoms with Crippen LogP contribution in [0.3, 0.4) is 0 Å². The first-order valence-corrected chi connectivity index (χ1v) is 6.83. The summed E-state index contributed by atoms with van der Waals surface area (Å²) in [6.07, 6.45) is 7.57. The van der Waals surface area contributed by atoms with Crippen molar-refractivity contribution < 1.29 is 9.90 Å². The third-order valence-electron chi connectivity index (χ3n) is 3.75. The molecule has 0 saturated heterocycles. The van der Waals surface area contributed by atoms with Gasteiger partial charge in [0, 0.05) is 18.4 Å². The van der Waals surface area contributed by atoms with Crippen LogP contribution in [0.1, 0.15) is 34.5 Å². The number of rotatable bonds is 4. The van der Waals surface area contributed by atoms with Crippen LogP contribution in [-0.2, 0) is 12.8 Å². The van der Waals surface area contributed by atoms with Gasteiger partial charge in [0.05, 0.1) is 0 Å². The third-order valence-corrected chi connectivity index (χ3v) is 3.75. The molecule has 0 radical (unpaired) electrons. The van der Waals surface area contributed by atoms with Crippen molar-refractivity contribution >= 4 is 11.8 Å². The zero-order valence-electron chi connectivity index (χ0n) is 11.1. The Morgan fingerprint density at radius 1 is 1.50 bits per heavy atom. The fourth-order valence-electron chi connectivity index (χ4n) is 2.63. The maximum absolute atomic E-state index is 10.8. The molecule has 5 heteroatoms. The zero-order valence-corrected chi connectivity index (χ0v) is 11.1. The number of aryl methyl sites for hydroxylation is 2. The van der Waals surface area contributed by atoms with Crippen molar-refractivity contribution in [1.29, 1.82) is 0 Å². The van der Waals surface area contributed by atoms with Gasteiger partial charge >= 0.3 is 5.97 Å². The third kappa shape index (κ3) is 2.66. The minimum Gasteiger partial charge on any atom is -0.477 e. The van der Waals surface area contributed by atoms with Gasteiger partial charge in [-0.2, -0.15) is 0 Å². The van der Waals surface area contributed by atoms with E-state index in [1.807, 2.05) is 6.07 Å². The summed E-state index contributed by atoms with van der Waals surface area (Å²) in [6, 6.07) is 6.18. The van der Waals surface area contributed by atoms with Crippen LogP contribution in [0.4, 0.5) is 5.82 Å². The van der Waals surface area contributed by atoms with E-state index in [2.05, 4.69) is 21.4 Å². The van der Waals surface area contributed by atoms with Crippen LogP contribution in [-0.4, -0.2) is 27.1 Å². The van der Waals surface area contributed by atoms with E-state index in [0.717, 1.165) is 37.1 Å². The molecule has 1 unspecified atom stereocenters. The molecule has 1 atom stereocenters. The van der Waals surface area contributed by atoms with Gasteiger partial charge < -0.3 is 15.4 Å². The Balaban J connectivity index is 1.58. The summed E-state index contributed by atoms with van der Waals surface area (Å²) in [5.41, 5.74) is 2.57. The Morgan fingerprint density at radius 2 is 2.40 bits per heavy atom. The molecule has 1 aliphatic heterocycles. The van der Waals surface area contributed by atoms with Crippen molar-refractivity contribution in [1.82, 2.24) is 9.97 Å². The SMILES string of the molecule is O=C(O)c1cc(CCC2CCc3cccnc3N2)c[nH]1. The highest BCUT2D eigenvalue weighted by Gasteiger charge is 2.18. The molecule has 0 amide bonds. The van der Waals surface area contributed by atoms with Crippen molar-refractivity contribution in [2.45, 2.75) is 31.7 Å². The molecule has 20 heavy (non-hydrogen) atoms. The normalized spacial score (nSPS) is 17.3. The van der Waals surface area contributed by atoms with E-state index < -0.39 is 5.97 Å². The Kier molecular flexibility index (Phi) is 3.41. The number of nitrogens with zero attached hydrogens (tertiary/aromatic N) is 1. The maximum Gasteiger partial charge on any atom is 0.352 e. The van der Waals surface area contributed by atoms with Crippen LogP contribution in [0.15, 0.2) is 30.6 Å². The molecule has 0 bridgehead atoms. The van der Waals surface area contributed by atoms with Gasteiger partial charge in [-0.25, -0.2) is 9.78 Å². The average molecular weight is 271 g/mol. The van der Waals surface area contributed by atoms with Crippen LogP contribution in [0.2, 0.25) is 0 Å². The number of carboxylic acid groups (broad SMARTS) is 1. The highest BCUT2D eigenvalue weighted by Crippen LogP contribution is 2.24. The summed E-state index contributed by atoms with van der Waals surface area (Å²) in [7, 11) is 0. The first kappa shape index (κ1) is 12.7. The molecule has 3 heterocycles. The molecule has 3 rings (SSSR count). The number of pyridine rings is 1.